The smallest absolute Gasteiger partial charge is 0.251 e. The predicted molar refractivity (Wildman–Crippen MR) is 103 cm³/mol. The Hall–Kier alpha value is -2.03. The largest absolute Gasteiger partial charge is 0.343 e. The summed E-state index contributed by atoms with van der Waals surface area (Å²) in [5.74, 6) is 0.333. The summed E-state index contributed by atoms with van der Waals surface area (Å²) in [6.45, 7) is 0. The SMILES string of the molecule is O=C(N[C@H](c1cnccn1)C1CCCC1)c1ccc2n[nH]c(I)c2c1. The Bertz CT molecular complexity index is 889. The number of amides is 1. The number of aromatic amines is 1. The minimum Gasteiger partial charge on any atom is -0.343 e. The molecule has 1 atom stereocenters. The van der Waals surface area contributed by atoms with E-state index in [1.807, 2.05) is 18.2 Å². The van der Waals surface area contributed by atoms with Crippen molar-refractivity contribution < 1.29 is 4.79 Å². The van der Waals surface area contributed by atoms with E-state index < -0.39 is 0 Å². The summed E-state index contributed by atoms with van der Waals surface area (Å²) < 4.78 is 0.934. The first-order chi connectivity index (χ1) is 12.2. The summed E-state index contributed by atoms with van der Waals surface area (Å²) in [6, 6.07) is 5.48. The van der Waals surface area contributed by atoms with Crippen LogP contribution in [-0.4, -0.2) is 26.1 Å². The first-order valence-electron chi connectivity index (χ1n) is 8.43. The molecule has 0 bridgehead atoms. The molecular formula is C18H18IN5O. The van der Waals surface area contributed by atoms with Crippen molar-refractivity contribution >= 4 is 39.4 Å². The molecule has 4 rings (SSSR count). The zero-order valence-electron chi connectivity index (χ0n) is 13.6. The summed E-state index contributed by atoms with van der Waals surface area (Å²) >= 11 is 2.19. The van der Waals surface area contributed by atoms with E-state index in [1.54, 1.807) is 18.6 Å². The highest BCUT2D eigenvalue weighted by atomic mass is 127. The molecule has 2 N–H and O–H groups in total. The van der Waals surface area contributed by atoms with E-state index in [0.29, 0.717) is 11.5 Å². The maximum absolute atomic E-state index is 12.9. The highest BCUT2D eigenvalue weighted by Crippen LogP contribution is 2.35. The Morgan fingerprint density at radius 2 is 2.12 bits per heavy atom. The van der Waals surface area contributed by atoms with Gasteiger partial charge in [-0.1, -0.05) is 12.8 Å². The molecule has 0 saturated heterocycles. The lowest BCUT2D eigenvalue weighted by Gasteiger charge is -2.24. The molecule has 6 nitrogen and oxygen atoms in total. The summed E-state index contributed by atoms with van der Waals surface area (Å²) in [6.07, 6.45) is 9.73. The van der Waals surface area contributed by atoms with Crippen LogP contribution in [0.25, 0.3) is 10.9 Å². The topological polar surface area (TPSA) is 83.6 Å². The van der Waals surface area contributed by atoms with Gasteiger partial charge in [-0.15, -0.1) is 0 Å². The molecule has 0 spiro atoms. The average molecular weight is 447 g/mol. The van der Waals surface area contributed by atoms with Gasteiger partial charge in [0.1, 0.15) is 3.70 Å². The lowest BCUT2D eigenvalue weighted by molar-refractivity contribution is 0.0920. The zero-order valence-corrected chi connectivity index (χ0v) is 15.7. The fourth-order valence-electron chi connectivity index (χ4n) is 3.54. The standard InChI is InChI=1S/C18H18IN5O/c19-17-13-9-12(5-6-14(13)23-24-17)18(25)22-16(11-3-1-2-4-11)15-10-20-7-8-21-15/h5-11,16H,1-4H2,(H,22,25)(H,23,24)/t16-/m0/s1. The van der Waals surface area contributed by atoms with Gasteiger partial charge in [0.25, 0.3) is 5.91 Å². The van der Waals surface area contributed by atoms with Gasteiger partial charge in [-0.25, -0.2) is 0 Å². The van der Waals surface area contributed by atoms with E-state index in [4.69, 9.17) is 0 Å². The molecule has 128 valence electrons. The first kappa shape index (κ1) is 16.4. The summed E-state index contributed by atoms with van der Waals surface area (Å²) in [7, 11) is 0. The van der Waals surface area contributed by atoms with E-state index in [0.717, 1.165) is 33.1 Å². The number of carbonyl (C=O) groups is 1. The van der Waals surface area contributed by atoms with Gasteiger partial charge < -0.3 is 5.32 Å². The van der Waals surface area contributed by atoms with Crippen LogP contribution in [0.1, 0.15) is 47.8 Å². The number of hydrogen-bond acceptors (Lipinski definition) is 4. The molecule has 7 heteroatoms. The molecule has 2 aromatic heterocycles. The molecule has 0 aliphatic heterocycles. The number of H-pyrrole nitrogens is 1. The Morgan fingerprint density at radius 1 is 1.28 bits per heavy atom. The van der Waals surface area contributed by atoms with Gasteiger partial charge in [0, 0.05) is 23.3 Å². The Balaban J connectivity index is 1.61. The highest BCUT2D eigenvalue weighted by molar-refractivity contribution is 14.1. The second-order valence-electron chi connectivity index (χ2n) is 6.40. The lowest BCUT2D eigenvalue weighted by atomic mass is 9.95. The van der Waals surface area contributed by atoms with Crippen molar-refractivity contribution in [3.63, 3.8) is 0 Å². The number of carbonyl (C=O) groups excluding carboxylic acids is 1. The minimum atomic E-state index is -0.0946. The van der Waals surface area contributed by atoms with E-state index in [2.05, 4.69) is 48.1 Å². The Labute approximate surface area is 159 Å². The van der Waals surface area contributed by atoms with Crippen LogP contribution in [0, 0.1) is 9.62 Å². The van der Waals surface area contributed by atoms with Crippen molar-refractivity contribution in [3.05, 3.63) is 51.7 Å². The fraction of sp³-hybridized carbons (Fsp3) is 0.333. The van der Waals surface area contributed by atoms with Crippen molar-refractivity contribution in [1.82, 2.24) is 25.5 Å². The van der Waals surface area contributed by atoms with E-state index in [9.17, 15) is 4.79 Å². The lowest BCUT2D eigenvalue weighted by Crippen LogP contribution is -2.33. The summed E-state index contributed by atoms with van der Waals surface area (Å²) in [5.41, 5.74) is 2.34. The van der Waals surface area contributed by atoms with Gasteiger partial charge in [0.15, 0.2) is 0 Å². The van der Waals surface area contributed by atoms with Crippen molar-refractivity contribution in [2.45, 2.75) is 31.7 Å². The number of aromatic nitrogens is 4. The number of benzene rings is 1. The zero-order chi connectivity index (χ0) is 17.2. The van der Waals surface area contributed by atoms with Crippen molar-refractivity contribution in [2.75, 3.05) is 0 Å². The molecular weight excluding hydrogens is 429 g/mol. The predicted octanol–water partition coefficient (Wildman–Crippen LogP) is 3.62. The third kappa shape index (κ3) is 3.37. The number of rotatable bonds is 4. The summed E-state index contributed by atoms with van der Waals surface area (Å²) in [4.78, 5) is 21.5. The van der Waals surface area contributed by atoms with Gasteiger partial charge in [-0.05, 0) is 59.5 Å². The van der Waals surface area contributed by atoms with E-state index in [-0.39, 0.29) is 11.9 Å². The molecule has 1 saturated carbocycles. The van der Waals surface area contributed by atoms with Crippen molar-refractivity contribution in [2.24, 2.45) is 5.92 Å². The molecule has 25 heavy (non-hydrogen) atoms. The maximum atomic E-state index is 12.9. The fourth-order valence-corrected chi connectivity index (χ4v) is 4.09. The van der Waals surface area contributed by atoms with Crippen LogP contribution in [0.4, 0.5) is 0 Å². The quantitative estimate of drug-likeness (QED) is 0.599. The number of nitrogens with one attached hydrogen (secondary N) is 2. The van der Waals surface area contributed by atoms with Crippen LogP contribution in [-0.2, 0) is 0 Å². The van der Waals surface area contributed by atoms with Crippen molar-refractivity contribution in [3.8, 4) is 0 Å². The van der Waals surface area contributed by atoms with Gasteiger partial charge in [-0.3, -0.25) is 19.9 Å². The second-order valence-corrected chi connectivity index (χ2v) is 7.47. The second kappa shape index (κ2) is 7.07. The first-order valence-corrected chi connectivity index (χ1v) is 9.50. The molecule has 1 aliphatic rings. The van der Waals surface area contributed by atoms with Gasteiger partial charge in [-0.2, -0.15) is 5.10 Å². The Kier molecular flexibility index (Phi) is 4.65. The number of nitrogens with zero attached hydrogens (tertiary/aromatic N) is 3. The molecule has 1 fully saturated rings. The average Bonchev–Trinajstić information content (AvgIpc) is 3.30. The van der Waals surface area contributed by atoms with Crippen LogP contribution < -0.4 is 5.32 Å². The van der Waals surface area contributed by atoms with Gasteiger partial charge in [0.2, 0.25) is 0 Å². The van der Waals surface area contributed by atoms with Crippen LogP contribution >= 0.6 is 22.6 Å². The third-order valence-electron chi connectivity index (χ3n) is 4.83. The number of hydrogen-bond donors (Lipinski definition) is 2. The normalized spacial score (nSPS) is 16.2. The van der Waals surface area contributed by atoms with E-state index in [1.165, 1.54) is 12.8 Å². The van der Waals surface area contributed by atoms with Gasteiger partial charge >= 0.3 is 0 Å². The molecule has 2 heterocycles. The third-order valence-corrected chi connectivity index (χ3v) is 5.65. The van der Waals surface area contributed by atoms with Crippen LogP contribution in [0.15, 0.2) is 36.8 Å². The maximum Gasteiger partial charge on any atom is 0.251 e. The molecule has 1 aliphatic carbocycles. The van der Waals surface area contributed by atoms with Gasteiger partial charge in [0.05, 0.1) is 23.4 Å². The van der Waals surface area contributed by atoms with Crippen LogP contribution in [0.5, 0.6) is 0 Å². The molecule has 1 aromatic carbocycles. The van der Waals surface area contributed by atoms with E-state index >= 15 is 0 Å². The molecule has 1 amide bonds. The number of halogens is 1. The van der Waals surface area contributed by atoms with Crippen LogP contribution in [0.3, 0.4) is 0 Å². The van der Waals surface area contributed by atoms with Crippen molar-refractivity contribution in [1.29, 1.82) is 0 Å². The molecule has 0 radical (unpaired) electrons. The monoisotopic (exact) mass is 447 g/mol. The highest BCUT2D eigenvalue weighted by Gasteiger charge is 2.29. The molecule has 3 aromatic rings. The molecule has 0 unspecified atom stereocenters. The Morgan fingerprint density at radius 3 is 2.88 bits per heavy atom. The van der Waals surface area contributed by atoms with Crippen LogP contribution in [0.2, 0.25) is 0 Å². The summed E-state index contributed by atoms with van der Waals surface area (Å²) in [5, 5.41) is 11.3. The minimum absolute atomic E-state index is 0.0820. The number of fused-ring (bicyclic) bond motifs is 1.